The van der Waals surface area contributed by atoms with Crippen molar-refractivity contribution in [2.75, 3.05) is 0 Å². The quantitative estimate of drug-likeness (QED) is 0.845. The minimum atomic E-state index is -2.80. The van der Waals surface area contributed by atoms with Gasteiger partial charge in [0.05, 0.1) is 0 Å². The zero-order valence-corrected chi connectivity index (χ0v) is 13.7. The Morgan fingerprint density at radius 1 is 1.12 bits per heavy atom. The van der Waals surface area contributed by atoms with Gasteiger partial charge in [-0.3, -0.25) is 9.36 Å². The van der Waals surface area contributed by atoms with E-state index in [0.29, 0.717) is 12.1 Å². The maximum absolute atomic E-state index is 13.3. The summed E-state index contributed by atoms with van der Waals surface area (Å²) in [5.74, 6) is -0.273. The molecule has 1 aliphatic carbocycles. The highest BCUT2D eigenvalue weighted by Gasteiger charge is 2.23. The van der Waals surface area contributed by atoms with Gasteiger partial charge in [0.15, 0.2) is 5.69 Å². The molecule has 3 rings (SSSR count). The van der Waals surface area contributed by atoms with Gasteiger partial charge >= 0.3 is 0 Å². The molecular formula is C18H21F2N3O. The second-order valence-electron chi connectivity index (χ2n) is 6.49. The van der Waals surface area contributed by atoms with Crippen LogP contribution in [0.2, 0.25) is 0 Å². The highest BCUT2D eigenvalue weighted by Crippen LogP contribution is 2.26. The molecule has 0 unspecified atom stereocenters. The lowest BCUT2D eigenvalue weighted by Gasteiger charge is -2.23. The predicted molar refractivity (Wildman–Crippen MR) is 88.0 cm³/mol. The van der Waals surface area contributed by atoms with Gasteiger partial charge in [0, 0.05) is 12.1 Å². The molecule has 0 radical (unpaired) electrons. The van der Waals surface area contributed by atoms with Crippen molar-refractivity contribution in [2.24, 2.45) is 5.92 Å². The number of hydrogen-bond acceptors (Lipinski definition) is 3. The Kier molecular flexibility index (Phi) is 5.02. The fourth-order valence-electron chi connectivity index (χ4n) is 3.29. The summed E-state index contributed by atoms with van der Waals surface area (Å²) in [6, 6.07) is 7.27. The van der Waals surface area contributed by atoms with Crippen molar-refractivity contribution in [3.63, 3.8) is 0 Å². The number of hydrogen-bond donors (Lipinski definition) is 0. The Labute approximate surface area is 139 Å². The van der Waals surface area contributed by atoms with Crippen molar-refractivity contribution in [3.05, 3.63) is 46.0 Å². The van der Waals surface area contributed by atoms with Gasteiger partial charge in [-0.15, -0.1) is 10.2 Å². The smallest absolute Gasteiger partial charge is 0.288 e. The molecule has 2 aromatic rings. The average molecular weight is 333 g/mol. The molecule has 0 bridgehead atoms. The Morgan fingerprint density at radius 2 is 1.79 bits per heavy atom. The van der Waals surface area contributed by atoms with Gasteiger partial charge < -0.3 is 0 Å². The van der Waals surface area contributed by atoms with Crippen LogP contribution in [-0.4, -0.2) is 14.8 Å². The van der Waals surface area contributed by atoms with Crippen LogP contribution in [0.4, 0.5) is 8.78 Å². The van der Waals surface area contributed by atoms with Crippen molar-refractivity contribution in [1.82, 2.24) is 14.8 Å². The van der Waals surface area contributed by atoms with Gasteiger partial charge in [-0.2, -0.15) is 0 Å². The van der Waals surface area contributed by atoms with Crippen LogP contribution < -0.4 is 5.56 Å². The lowest BCUT2D eigenvalue weighted by atomic mass is 9.89. The number of rotatable bonds is 4. The molecule has 0 saturated heterocycles. The Morgan fingerprint density at radius 3 is 2.42 bits per heavy atom. The van der Waals surface area contributed by atoms with E-state index in [2.05, 4.69) is 10.2 Å². The summed E-state index contributed by atoms with van der Waals surface area (Å²) in [4.78, 5) is 12.8. The van der Waals surface area contributed by atoms with E-state index in [4.69, 9.17) is 0 Å². The Bertz CT molecular complexity index is 750. The summed E-state index contributed by atoms with van der Waals surface area (Å²) in [6.45, 7) is 2.24. The van der Waals surface area contributed by atoms with Crippen LogP contribution in [0.25, 0.3) is 11.3 Å². The minimum absolute atomic E-state index is 0.134. The molecular weight excluding hydrogens is 312 g/mol. The van der Waals surface area contributed by atoms with Crippen LogP contribution in [0.1, 0.15) is 49.9 Å². The third-order valence-electron chi connectivity index (χ3n) is 4.66. The molecule has 1 heterocycles. The summed E-state index contributed by atoms with van der Waals surface area (Å²) in [5.41, 5.74) is 1.32. The molecule has 0 atom stereocenters. The SMILES string of the molecule is Cc1ccc(-c2nnc(C(F)F)n(CC3CCCCC3)c2=O)cc1. The maximum atomic E-state index is 13.3. The summed E-state index contributed by atoms with van der Waals surface area (Å²) < 4.78 is 27.7. The molecule has 1 saturated carbocycles. The first-order chi connectivity index (χ1) is 11.6. The molecule has 4 nitrogen and oxygen atoms in total. The monoisotopic (exact) mass is 333 g/mol. The lowest BCUT2D eigenvalue weighted by molar-refractivity contribution is 0.128. The molecule has 6 heteroatoms. The van der Waals surface area contributed by atoms with Gasteiger partial charge in [-0.25, -0.2) is 8.78 Å². The number of nitrogens with zero attached hydrogens (tertiary/aromatic N) is 3. The summed E-state index contributed by atoms with van der Waals surface area (Å²) in [5, 5.41) is 7.46. The molecule has 0 N–H and O–H groups in total. The van der Waals surface area contributed by atoms with E-state index in [-0.39, 0.29) is 11.6 Å². The first kappa shape index (κ1) is 16.7. The number of halogens is 2. The van der Waals surface area contributed by atoms with Crippen molar-refractivity contribution in [1.29, 1.82) is 0 Å². The van der Waals surface area contributed by atoms with Crippen molar-refractivity contribution in [2.45, 2.75) is 52.0 Å². The molecule has 128 valence electrons. The van der Waals surface area contributed by atoms with E-state index in [0.717, 1.165) is 35.8 Å². The first-order valence-electron chi connectivity index (χ1n) is 8.39. The van der Waals surface area contributed by atoms with Crippen LogP contribution in [0, 0.1) is 12.8 Å². The van der Waals surface area contributed by atoms with Gasteiger partial charge in [0.1, 0.15) is 0 Å². The zero-order valence-electron chi connectivity index (χ0n) is 13.7. The fourth-order valence-corrected chi connectivity index (χ4v) is 3.29. The van der Waals surface area contributed by atoms with Gasteiger partial charge in [0.2, 0.25) is 5.82 Å². The van der Waals surface area contributed by atoms with E-state index in [9.17, 15) is 13.6 Å². The summed E-state index contributed by atoms with van der Waals surface area (Å²) in [7, 11) is 0. The minimum Gasteiger partial charge on any atom is -0.288 e. The molecule has 1 fully saturated rings. The average Bonchev–Trinajstić information content (AvgIpc) is 2.58. The van der Waals surface area contributed by atoms with Gasteiger partial charge in [-0.1, -0.05) is 49.1 Å². The Hall–Kier alpha value is -2.11. The van der Waals surface area contributed by atoms with E-state index < -0.39 is 17.8 Å². The Balaban J connectivity index is 2.01. The first-order valence-corrected chi connectivity index (χ1v) is 8.39. The van der Waals surface area contributed by atoms with Crippen molar-refractivity contribution >= 4 is 0 Å². The third-order valence-corrected chi connectivity index (χ3v) is 4.66. The van der Waals surface area contributed by atoms with E-state index >= 15 is 0 Å². The topological polar surface area (TPSA) is 47.8 Å². The van der Waals surface area contributed by atoms with E-state index in [1.54, 1.807) is 12.1 Å². The molecule has 0 amide bonds. The number of benzene rings is 1. The summed E-state index contributed by atoms with van der Waals surface area (Å²) in [6.07, 6.45) is 2.49. The van der Waals surface area contributed by atoms with Crippen molar-refractivity contribution in [3.8, 4) is 11.3 Å². The predicted octanol–water partition coefficient (Wildman–Crippen LogP) is 4.13. The van der Waals surface area contributed by atoms with Crippen LogP contribution >= 0.6 is 0 Å². The molecule has 0 spiro atoms. The van der Waals surface area contributed by atoms with Crippen LogP contribution in [0.5, 0.6) is 0 Å². The van der Waals surface area contributed by atoms with Crippen LogP contribution in [-0.2, 0) is 6.54 Å². The highest BCUT2D eigenvalue weighted by molar-refractivity contribution is 5.57. The van der Waals surface area contributed by atoms with Crippen LogP contribution in [0.15, 0.2) is 29.1 Å². The fraction of sp³-hybridized carbons (Fsp3) is 0.500. The van der Waals surface area contributed by atoms with Crippen LogP contribution in [0.3, 0.4) is 0 Å². The van der Waals surface area contributed by atoms with E-state index in [1.807, 2.05) is 19.1 Å². The second-order valence-corrected chi connectivity index (χ2v) is 6.49. The molecule has 1 aromatic carbocycles. The molecule has 1 aliphatic rings. The second kappa shape index (κ2) is 7.20. The van der Waals surface area contributed by atoms with Crippen molar-refractivity contribution < 1.29 is 8.78 Å². The number of alkyl halides is 2. The normalized spacial score (nSPS) is 15.8. The number of aryl methyl sites for hydroxylation is 1. The molecule has 24 heavy (non-hydrogen) atoms. The standard InChI is InChI=1S/C18H21F2N3O/c1-12-7-9-14(10-8-12)15-18(24)23(17(16(19)20)22-21-15)11-13-5-3-2-4-6-13/h7-10,13,16H,2-6,11H2,1H3. The molecule has 0 aliphatic heterocycles. The zero-order chi connectivity index (χ0) is 17.1. The van der Waals surface area contributed by atoms with E-state index in [1.165, 1.54) is 6.42 Å². The largest absolute Gasteiger partial charge is 0.297 e. The third kappa shape index (κ3) is 3.52. The highest BCUT2D eigenvalue weighted by atomic mass is 19.3. The maximum Gasteiger partial charge on any atom is 0.297 e. The number of aromatic nitrogens is 3. The lowest BCUT2D eigenvalue weighted by Crippen LogP contribution is -2.31. The van der Waals surface area contributed by atoms with Gasteiger partial charge in [-0.05, 0) is 25.7 Å². The molecule has 1 aromatic heterocycles. The summed E-state index contributed by atoms with van der Waals surface area (Å²) >= 11 is 0. The van der Waals surface area contributed by atoms with Gasteiger partial charge in [0.25, 0.3) is 12.0 Å².